The lowest BCUT2D eigenvalue weighted by atomic mass is 10.2. The normalized spacial score (nSPS) is 10.6. The molecule has 19 heavy (non-hydrogen) atoms. The molecule has 1 amide bonds. The molecule has 0 aliphatic heterocycles. The van der Waals surface area contributed by atoms with Crippen LogP contribution in [0.25, 0.3) is 6.08 Å². The first kappa shape index (κ1) is 13.8. The Labute approximate surface area is 125 Å². The predicted octanol–water partition coefficient (Wildman–Crippen LogP) is 4.75. The number of rotatable bonds is 3. The SMILES string of the molecule is O=C(/C=C/c1ccc(Br)cc1)Nc1ccc(Cl)cc1. The zero-order valence-electron chi connectivity index (χ0n) is 9.94. The molecule has 0 fully saturated rings. The van der Waals surface area contributed by atoms with Gasteiger partial charge in [-0.3, -0.25) is 4.79 Å². The number of anilines is 1. The fourth-order valence-corrected chi connectivity index (χ4v) is 1.85. The van der Waals surface area contributed by atoms with E-state index in [2.05, 4.69) is 21.2 Å². The van der Waals surface area contributed by atoms with Gasteiger partial charge in [0.2, 0.25) is 5.91 Å². The molecule has 0 saturated heterocycles. The average molecular weight is 337 g/mol. The fraction of sp³-hybridized carbons (Fsp3) is 0. The lowest BCUT2D eigenvalue weighted by molar-refractivity contribution is -0.111. The maximum atomic E-state index is 11.7. The number of carbonyl (C=O) groups excluding carboxylic acids is 1. The third-order valence-electron chi connectivity index (χ3n) is 2.41. The predicted molar refractivity (Wildman–Crippen MR) is 83.3 cm³/mol. The van der Waals surface area contributed by atoms with Gasteiger partial charge in [-0.05, 0) is 48.0 Å². The van der Waals surface area contributed by atoms with E-state index in [0.717, 1.165) is 15.7 Å². The molecule has 0 spiro atoms. The third kappa shape index (κ3) is 4.54. The van der Waals surface area contributed by atoms with Gasteiger partial charge in [0.1, 0.15) is 0 Å². The number of carbonyl (C=O) groups is 1. The van der Waals surface area contributed by atoms with E-state index < -0.39 is 0 Å². The van der Waals surface area contributed by atoms with E-state index in [1.54, 1.807) is 30.3 Å². The van der Waals surface area contributed by atoms with E-state index >= 15 is 0 Å². The van der Waals surface area contributed by atoms with Gasteiger partial charge in [0.15, 0.2) is 0 Å². The van der Waals surface area contributed by atoms with Crippen LogP contribution < -0.4 is 5.32 Å². The first-order valence-corrected chi connectivity index (χ1v) is 6.81. The van der Waals surface area contributed by atoms with Crippen LogP contribution in [-0.4, -0.2) is 5.91 Å². The van der Waals surface area contributed by atoms with Crippen LogP contribution in [0.5, 0.6) is 0 Å². The Morgan fingerprint density at radius 1 is 1.05 bits per heavy atom. The molecule has 2 aromatic rings. The van der Waals surface area contributed by atoms with Crippen molar-refractivity contribution in [1.82, 2.24) is 0 Å². The summed E-state index contributed by atoms with van der Waals surface area (Å²) in [5.41, 5.74) is 1.68. The van der Waals surface area contributed by atoms with Crippen molar-refractivity contribution >= 4 is 45.2 Å². The Morgan fingerprint density at radius 3 is 2.32 bits per heavy atom. The zero-order chi connectivity index (χ0) is 13.7. The van der Waals surface area contributed by atoms with Crippen molar-refractivity contribution < 1.29 is 4.79 Å². The summed E-state index contributed by atoms with van der Waals surface area (Å²) >= 11 is 9.13. The molecule has 96 valence electrons. The topological polar surface area (TPSA) is 29.1 Å². The van der Waals surface area contributed by atoms with Crippen molar-refractivity contribution in [2.24, 2.45) is 0 Å². The molecule has 0 radical (unpaired) electrons. The molecule has 0 bridgehead atoms. The highest BCUT2D eigenvalue weighted by atomic mass is 79.9. The van der Waals surface area contributed by atoms with Gasteiger partial charge < -0.3 is 5.32 Å². The Hall–Kier alpha value is -1.58. The zero-order valence-corrected chi connectivity index (χ0v) is 12.3. The highest BCUT2D eigenvalue weighted by Crippen LogP contribution is 2.14. The maximum absolute atomic E-state index is 11.7. The van der Waals surface area contributed by atoms with Crippen molar-refractivity contribution in [1.29, 1.82) is 0 Å². The molecule has 2 aromatic carbocycles. The van der Waals surface area contributed by atoms with Crippen LogP contribution in [0.3, 0.4) is 0 Å². The van der Waals surface area contributed by atoms with E-state index in [4.69, 9.17) is 11.6 Å². The number of halogens is 2. The molecule has 0 saturated carbocycles. The molecule has 0 unspecified atom stereocenters. The van der Waals surface area contributed by atoms with Gasteiger partial charge >= 0.3 is 0 Å². The Bertz CT molecular complexity index is 591. The lowest BCUT2D eigenvalue weighted by Crippen LogP contribution is -2.07. The second kappa shape index (κ2) is 6.55. The molecular weight excluding hydrogens is 326 g/mol. The molecule has 2 rings (SSSR count). The fourth-order valence-electron chi connectivity index (χ4n) is 1.46. The summed E-state index contributed by atoms with van der Waals surface area (Å²) < 4.78 is 1.01. The minimum absolute atomic E-state index is 0.176. The van der Waals surface area contributed by atoms with Crippen molar-refractivity contribution in [3.63, 3.8) is 0 Å². The van der Waals surface area contributed by atoms with Crippen molar-refractivity contribution in [2.45, 2.75) is 0 Å². The summed E-state index contributed by atoms with van der Waals surface area (Å²) in [6.07, 6.45) is 3.26. The van der Waals surface area contributed by atoms with Gasteiger partial charge in [0.05, 0.1) is 0 Å². The Morgan fingerprint density at radius 2 is 1.68 bits per heavy atom. The number of hydrogen-bond donors (Lipinski definition) is 1. The van der Waals surface area contributed by atoms with Gasteiger partial charge in [0, 0.05) is 21.3 Å². The Balaban J connectivity index is 1.97. The second-order valence-corrected chi connectivity index (χ2v) is 5.23. The summed E-state index contributed by atoms with van der Waals surface area (Å²) in [6, 6.07) is 14.7. The summed E-state index contributed by atoms with van der Waals surface area (Å²) in [5, 5.41) is 3.40. The molecule has 0 heterocycles. The minimum atomic E-state index is -0.176. The largest absolute Gasteiger partial charge is 0.323 e. The molecular formula is C15H11BrClNO. The standard InChI is InChI=1S/C15H11BrClNO/c16-12-4-1-11(2-5-12)3-10-15(19)18-14-8-6-13(17)7-9-14/h1-10H,(H,18,19)/b10-3+. The Kier molecular flexibility index (Phi) is 4.77. The third-order valence-corrected chi connectivity index (χ3v) is 3.19. The number of amides is 1. The molecule has 0 aromatic heterocycles. The van der Waals surface area contributed by atoms with Crippen LogP contribution in [-0.2, 0) is 4.79 Å². The highest BCUT2D eigenvalue weighted by Gasteiger charge is 1.97. The van der Waals surface area contributed by atoms with Crippen LogP contribution in [0.4, 0.5) is 5.69 Å². The smallest absolute Gasteiger partial charge is 0.248 e. The number of hydrogen-bond acceptors (Lipinski definition) is 1. The number of benzene rings is 2. The second-order valence-electron chi connectivity index (χ2n) is 3.88. The summed E-state index contributed by atoms with van der Waals surface area (Å²) in [7, 11) is 0. The highest BCUT2D eigenvalue weighted by molar-refractivity contribution is 9.10. The number of nitrogens with one attached hydrogen (secondary N) is 1. The van der Waals surface area contributed by atoms with Crippen molar-refractivity contribution in [2.75, 3.05) is 5.32 Å². The van der Waals surface area contributed by atoms with E-state index in [1.807, 2.05) is 24.3 Å². The van der Waals surface area contributed by atoms with Crippen molar-refractivity contribution in [3.05, 3.63) is 69.7 Å². The van der Waals surface area contributed by atoms with Crippen LogP contribution in [0, 0.1) is 0 Å². The average Bonchev–Trinajstić information content (AvgIpc) is 2.41. The summed E-state index contributed by atoms with van der Waals surface area (Å²) in [6.45, 7) is 0. The van der Waals surface area contributed by atoms with Crippen LogP contribution in [0.1, 0.15) is 5.56 Å². The summed E-state index contributed by atoms with van der Waals surface area (Å²) in [4.78, 5) is 11.7. The van der Waals surface area contributed by atoms with Gasteiger partial charge in [0.25, 0.3) is 0 Å². The lowest BCUT2D eigenvalue weighted by Gasteiger charge is -2.01. The monoisotopic (exact) mass is 335 g/mol. The van der Waals surface area contributed by atoms with Crippen LogP contribution in [0.15, 0.2) is 59.1 Å². The van der Waals surface area contributed by atoms with E-state index in [9.17, 15) is 4.79 Å². The van der Waals surface area contributed by atoms with Gasteiger partial charge in [-0.2, -0.15) is 0 Å². The van der Waals surface area contributed by atoms with Gasteiger partial charge in [-0.15, -0.1) is 0 Å². The minimum Gasteiger partial charge on any atom is -0.323 e. The maximum Gasteiger partial charge on any atom is 0.248 e. The molecule has 0 aliphatic carbocycles. The molecule has 1 N–H and O–H groups in total. The van der Waals surface area contributed by atoms with E-state index in [-0.39, 0.29) is 5.91 Å². The molecule has 4 heteroatoms. The molecule has 0 aliphatic rings. The van der Waals surface area contributed by atoms with E-state index in [0.29, 0.717) is 5.02 Å². The molecule has 0 atom stereocenters. The van der Waals surface area contributed by atoms with E-state index in [1.165, 1.54) is 6.08 Å². The van der Waals surface area contributed by atoms with Gasteiger partial charge in [-0.25, -0.2) is 0 Å². The first-order valence-electron chi connectivity index (χ1n) is 5.64. The van der Waals surface area contributed by atoms with Crippen molar-refractivity contribution in [3.8, 4) is 0 Å². The molecule has 2 nitrogen and oxygen atoms in total. The van der Waals surface area contributed by atoms with Crippen LogP contribution >= 0.6 is 27.5 Å². The van der Waals surface area contributed by atoms with Crippen LogP contribution in [0.2, 0.25) is 5.02 Å². The quantitative estimate of drug-likeness (QED) is 0.805. The first-order chi connectivity index (χ1) is 9.13. The summed E-state index contributed by atoms with van der Waals surface area (Å²) in [5.74, 6) is -0.176. The van der Waals surface area contributed by atoms with Gasteiger partial charge in [-0.1, -0.05) is 39.7 Å².